The van der Waals surface area contributed by atoms with Gasteiger partial charge in [-0.3, -0.25) is 9.51 Å². The third-order valence-electron chi connectivity index (χ3n) is 7.33. The highest BCUT2D eigenvalue weighted by Crippen LogP contribution is 2.42. The highest BCUT2D eigenvalue weighted by molar-refractivity contribution is 6.02. The zero-order valence-corrected chi connectivity index (χ0v) is 22.5. The van der Waals surface area contributed by atoms with Gasteiger partial charge in [-0.25, -0.2) is 19.4 Å². The number of benzene rings is 3. The van der Waals surface area contributed by atoms with Crippen molar-refractivity contribution in [1.82, 2.24) is 19.7 Å². The smallest absolute Gasteiger partial charge is 0.454 e. The Morgan fingerprint density at radius 1 is 1.02 bits per heavy atom. The van der Waals surface area contributed by atoms with Gasteiger partial charge in [0.15, 0.2) is 24.0 Å². The molecule has 11 nitrogen and oxygen atoms in total. The van der Waals surface area contributed by atoms with Crippen LogP contribution >= 0.6 is 0 Å². The van der Waals surface area contributed by atoms with E-state index in [-0.39, 0.29) is 18.1 Å². The van der Waals surface area contributed by atoms with E-state index in [9.17, 15) is 14.4 Å². The van der Waals surface area contributed by atoms with Crippen LogP contribution in [0, 0.1) is 6.92 Å². The highest BCUT2D eigenvalue weighted by atomic mass is 16.6. The summed E-state index contributed by atoms with van der Waals surface area (Å²) >= 11 is 0. The van der Waals surface area contributed by atoms with Gasteiger partial charge in [0, 0.05) is 18.0 Å². The standard InChI is InChI=1S/C31H24N4O7/c1-17-25(41-31(38)40-17)16-39-29(36)22-8-5-9-24-26(22)35(28(32-24)20-11-12-20)15-18-10-13-21(19-6-3-2-4-7-19)23(14-18)27-33-30(37)42-34-27/h2-10,13-14,20H,11-12,15-16H2,1H3,(H,33,34,37). The van der Waals surface area contributed by atoms with Gasteiger partial charge in [-0.15, -0.1) is 0 Å². The molecule has 1 fully saturated rings. The number of hydrogen-bond donors (Lipinski definition) is 1. The van der Waals surface area contributed by atoms with E-state index in [1.165, 1.54) is 0 Å². The van der Waals surface area contributed by atoms with Crippen molar-refractivity contribution in [2.24, 2.45) is 0 Å². The predicted octanol–water partition coefficient (Wildman–Crippen LogP) is 5.18. The molecule has 6 aromatic rings. The SMILES string of the molecule is Cc1oc(=O)oc1COC(=O)c1cccc2nc(C3CC3)n(Cc3ccc(-c4ccccc4)c(-c4noc(=O)[nH]4)c3)c12. The van der Waals surface area contributed by atoms with E-state index in [1.54, 1.807) is 19.1 Å². The van der Waals surface area contributed by atoms with Gasteiger partial charge in [-0.05, 0) is 54.7 Å². The third-order valence-corrected chi connectivity index (χ3v) is 7.33. The molecule has 1 saturated carbocycles. The van der Waals surface area contributed by atoms with E-state index in [0.29, 0.717) is 40.4 Å². The minimum atomic E-state index is -0.847. The maximum absolute atomic E-state index is 13.3. The van der Waals surface area contributed by atoms with Crippen LogP contribution in [-0.2, 0) is 17.9 Å². The predicted molar refractivity (Wildman–Crippen MR) is 150 cm³/mol. The van der Waals surface area contributed by atoms with Crippen molar-refractivity contribution in [2.45, 2.75) is 38.8 Å². The van der Waals surface area contributed by atoms with Gasteiger partial charge in [0.1, 0.15) is 5.82 Å². The first-order valence-electron chi connectivity index (χ1n) is 13.4. The molecule has 3 aromatic carbocycles. The van der Waals surface area contributed by atoms with Crippen molar-refractivity contribution < 1.29 is 22.9 Å². The number of nitrogens with zero attached hydrogens (tertiary/aromatic N) is 3. The van der Waals surface area contributed by atoms with Crippen LogP contribution in [0.3, 0.4) is 0 Å². The Bertz CT molecular complexity index is 2060. The summed E-state index contributed by atoms with van der Waals surface area (Å²) in [5, 5.41) is 3.95. The number of esters is 1. The van der Waals surface area contributed by atoms with Gasteiger partial charge in [-0.1, -0.05) is 53.7 Å². The van der Waals surface area contributed by atoms with Crippen LogP contribution in [0.1, 0.15) is 52.0 Å². The molecule has 0 unspecified atom stereocenters. The Kier molecular flexibility index (Phi) is 6.19. The molecule has 0 amide bonds. The maximum atomic E-state index is 13.3. The number of para-hydroxylation sites is 1. The van der Waals surface area contributed by atoms with Crippen molar-refractivity contribution in [2.75, 3.05) is 0 Å². The molecule has 1 aliphatic carbocycles. The van der Waals surface area contributed by atoms with Crippen molar-refractivity contribution in [1.29, 1.82) is 0 Å². The third kappa shape index (κ3) is 4.74. The van der Waals surface area contributed by atoms with E-state index in [2.05, 4.69) is 14.7 Å². The van der Waals surface area contributed by atoms with Gasteiger partial charge < -0.3 is 18.1 Å². The van der Waals surface area contributed by atoms with Crippen LogP contribution in [0.5, 0.6) is 0 Å². The highest BCUT2D eigenvalue weighted by Gasteiger charge is 2.31. The van der Waals surface area contributed by atoms with Gasteiger partial charge in [0.25, 0.3) is 0 Å². The molecule has 1 aliphatic rings. The summed E-state index contributed by atoms with van der Waals surface area (Å²) in [7, 11) is 0. The number of hydrogen-bond acceptors (Lipinski definition) is 9. The van der Waals surface area contributed by atoms with Crippen LogP contribution in [-0.4, -0.2) is 25.7 Å². The summed E-state index contributed by atoms with van der Waals surface area (Å²) < 4.78 is 22.2. The summed E-state index contributed by atoms with van der Waals surface area (Å²) in [6.45, 7) is 1.74. The van der Waals surface area contributed by atoms with Gasteiger partial charge in [0.2, 0.25) is 0 Å². The Hall–Kier alpha value is -5.45. The first-order chi connectivity index (χ1) is 20.4. The molecule has 0 atom stereocenters. The fraction of sp³-hybridized carbons (Fsp3) is 0.194. The minimum absolute atomic E-state index is 0.157. The van der Waals surface area contributed by atoms with Gasteiger partial charge in [-0.2, -0.15) is 0 Å². The Morgan fingerprint density at radius 2 is 1.86 bits per heavy atom. The van der Waals surface area contributed by atoms with E-state index in [1.807, 2.05) is 54.6 Å². The molecule has 42 heavy (non-hydrogen) atoms. The lowest BCUT2D eigenvalue weighted by atomic mass is 9.97. The number of fused-ring (bicyclic) bond motifs is 1. The Morgan fingerprint density at radius 3 is 2.57 bits per heavy atom. The summed E-state index contributed by atoms with van der Waals surface area (Å²) in [6.07, 6.45) is 2.03. The average molecular weight is 565 g/mol. The number of carbonyl (C=O) groups is 1. The summed E-state index contributed by atoms with van der Waals surface area (Å²) in [6, 6.07) is 21.1. The fourth-order valence-electron chi connectivity index (χ4n) is 5.18. The molecule has 3 aromatic heterocycles. The van der Waals surface area contributed by atoms with Crippen LogP contribution in [0.2, 0.25) is 0 Å². The van der Waals surface area contributed by atoms with E-state index < -0.39 is 17.5 Å². The maximum Gasteiger partial charge on any atom is 0.519 e. The first-order valence-corrected chi connectivity index (χ1v) is 13.4. The zero-order valence-electron chi connectivity index (χ0n) is 22.5. The number of nitrogens with one attached hydrogen (secondary N) is 1. The number of aromatic nitrogens is 4. The van der Waals surface area contributed by atoms with Gasteiger partial charge in [0.05, 0.1) is 16.6 Å². The number of ether oxygens (including phenoxy) is 1. The number of imidazole rings is 1. The quantitative estimate of drug-likeness (QED) is 0.247. The molecular weight excluding hydrogens is 540 g/mol. The summed E-state index contributed by atoms with van der Waals surface area (Å²) in [5.41, 5.74) is 5.14. The number of aryl methyl sites for hydroxylation is 1. The normalized spacial score (nSPS) is 13.1. The molecule has 1 N–H and O–H groups in total. The molecular formula is C31H24N4O7. The van der Waals surface area contributed by atoms with Gasteiger partial charge >= 0.3 is 17.5 Å². The van der Waals surface area contributed by atoms with Crippen LogP contribution in [0.25, 0.3) is 33.5 Å². The lowest BCUT2D eigenvalue weighted by Crippen LogP contribution is -2.11. The molecule has 11 heteroatoms. The molecule has 210 valence electrons. The molecule has 0 spiro atoms. The number of carbonyl (C=O) groups excluding carboxylic acids is 1. The number of aromatic amines is 1. The second kappa shape index (κ2) is 10.2. The Labute approximate surface area is 237 Å². The van der Waals surface area contributed by atoms with Crippen LogP contribution < -0.4 is 11.6 Å². The molecule has 7 rings (SSSR count). The summed E-state index contributed by atoms with van der Waals surface area (Å²) in [5.74, 6) is -0.139. The molecule has 0 aliphatic heterocycles. The van der Waals surface area contributed by atoms with E-state index >= 15 is 0 Å². The first kappa shape index (κ1) is 25.5. The average Bonchev–Trinajstić information content (AvgIpc) is 3.52. The molecule has 3 heterocycles. The lowest BCUT2D eigenvalue weighted by molar-refractivity contribution is 0.0444. The van der Waals surface area contributed by atoms with Crippen molar-refractivity contribution in [3.05, 3.63) is 116 Å². The van der Waals surface area contributed by atoms with E-state index in [0.717, 1.165) is 35.4 Å². The largest absolute Gasteiger partial charge is 0.519 e. The zero-order chi connectivity index (χ0) is 28.8. The van der Waals surface area contributed by atoms with Crippen molar-refractivity contribution >= 4 is 17.0 Å². The molecule has 0 saturated heterocycles. The fourth-order valence-corrected chi connectivity index (χ4v) is 5.18. The second-order valence-corrected chi connectivity index (χ2v) is 10.2. The van der Waals surface area contributed by atoms with Crippen molar-refractivity contribution in [3.8, 4) is 22.5 Å². The minimum Gasteiger partial charge on any atom is -0.454 e. The second-order valence-electron chi connectivity index (χ2n) is 10.2. The lowest BCUT2D eigenvalue weighted by Gasteiger charge is -2.14. The summed E-state index contributed by atoms with van der Waals surface area (Å²) in [4.78, 5) is 44.1. The topological polar surface area (TPSA) is 146 Å². The van der Waals surface area contributed by atoms with Crippen LogP contribution in [0.4, 0.5) is 0 Å². The van der Waals surface area contributed by atoms with Crippen LogP contribution in [0.15, 0.2) is 89.7 Å². The number of H-pyrrole nitrogens is 1. The monoisotopic (exact) mass is 564 g/mol. The Balaban J connectivity index is 1.29. The van der Waals surface area contributed by atoms with Crippen molar-refractivity contribution in [3.63, 3.8) is 0 Å². The van der Waals surface area contributed by atoms with E-state index in [4.69, 9.17) is 23.1 Å². The molecule has 0 radical (unpaired) electrons. The number of rotatable bonds is 8. The molecule has 0 bridgehead atoms.